The van der Waals surface area contributed by atoms with E-state index in [1.165, 1.54) is 6.33 Å². The highest BCUT2D eigenvalue weighted by Gasteiger charge is 2.23. The van der Waals surface area contributed by atoms with E-state index < -0.39 is 0 Å². The first kappa shape index (κ1) is 17.8. The Balaban J connectivity index is 1.45. The minimum atomic E-state index is 0.110. The van der Waals surface area contributed by atoms with Gasteiger partial charge in [-0.3, -0.25) is 4.79 Å². The highest BCUT2D eigenvalue weighted by Crippen LogP contribution is 2.25. The standard InChI is InChI=1S/C21H20N6OS/c28-20(17-7-12-29-14-17)26-9-4-8-25(10-11-26)19-13-18(16-5-2-1-3-6-16)24-21-22-15-23-27(19)21/h1-3,5-7,12-15H,4,8-11H2. The number of carbonyl (C=O) groups is 1. The van der Waals surface area contributed by atoms with Crippen molar-refractivity contribution in [3.05, 3.63) is 65.1 Å². The molecule has 0 N–H and O–H groups in total. The maximum atomic E-state index is 12.7. The minimum Gasteiger partial charge on any atom is -0.355 e. The summed E-state index contributed by atoms with van der Waals surface area (Å²) in [5.41, 5.74) is 2.69. The molecule has 3 aromatic heterocycles. The van der Waals surface area contributed by atoms with Gasteiger partial charge in [0.15, 0.2) is 0 Å². The Hall–Kier alpha value is -3.26. The summed E-state index contributed by atoms with van der Waals surface area (Å²) in [6.45, 7) is 3.01. The van der Waals surface area contributed by atoms with E-state index in [0.29, 0.717) is 12.3 Å². The molecule has 4 heterocycles. The molecule has 1 amide bonds. The molecule has 1 aliphatic rings. The van der Waals surface area contributed by atoms with Crippen LogP contribution in [0.1, 0.15) is 16.8 Å². The Labute approximate surface area is 172 Å². The molecule has 4 aromatic rings. The number of anilines is 1. The van der Waals surface area contributed by atoms with Crippen molar-refractivity contribution in [2.24, 2.45) is 0 Å². The molecule has 7 nitrogen and oxygen atoms in total. The van der Waals surface area contributed by atoms with E-state index in [9.17, 15) is 4.79 Å². The van der Waals surface area contributed by atoms with E-state index in [0.717, 1.165) is 48.7 Å². The zero-order valence-corrected chi connectivity index (χ0v) is 16.6. The molecule has 1 aliphatic heterocycles. The van der Waals surface area contributed by atoms with E-state index in [1.807, 2.05) is 52.1 Å². The largest absolute Gasteiger partial charge is 0.355 e. The van der Waals surface area contributed by atoms with Gasteiger partial charge < -0.3 is 9.80 Å². The topological polar surface area (TPSA) is 66.6 Å². The number of aromatic nitrogens is 4. The molecule has 0 bridgehead atoms. The van der Waals surface area contributed by atoms with E-state index in [4.69, 9.17) is 0 Å². The number of hydrogen-bond donors (Lipinski definition) is 0. The summed E-state index contributed by atoms with van der Waals surface area (Å²) in [7, 11) is 0. The molecule has 0 atom stereocenters. The molecule has 1 saturated heterocycles. The summed E-state index contributed by atoms with van der Waals surface area (Å²) in [4.78, 5) is 25.9. The van der Waals surface area contributed by atoms with Crippen molar-refractivity contribution in [1.29, 1.82) is 0 Å². The molecule has 0 spiro atoms. The van der Waals surface area contributed by atoms with Crippen LogP contribution in [0.5, 0.6) is 0 Å². The number of amides is 1. The summed E-state index contributed by atoms with van der Waals surface area (Å²) >= 11 is 1.55. The van der Waals surface area contributed by atoms with Gasteiger partial charge >= 0.3 is 0 Å². The van der Waals surface area contributed by atoms with Gasteiger partial charge in [-0.2, -0.15) is 25.9 Å². The van der Waals surface area contributed by atoms with Gasteiger partial charge in [-0.1, -0.05) is 30.3 Å². The van der Waals surface area contributed by atoms with Crippen LogP contribution in [0.3, 0.4) is 0 Å². The maximum Gasteiger partial charge on any atom is 0.254 e. The quantitative estimate of drug-likeness (QED) is 0.525. The van der Waals surface area contributed by atoms with Crippen molar-refractivity contribution >= 4 is 28.8 Å². The fraction of sp³-hybridized carbons (Fsp3) is 0.238. The molecular formula is C21H20N6OS. The SMILES string of the molecule is O=C(c1ccsc1)N1CCCN(c2cc(-c3ccccc3)nc3ncnn23)CC1. The Morgan fingerprint density at radius 1 is 1.03 bits per heavy atom. The third kappa shape index (κ3) is 3.47. The number of rotatable bonds is 3. The van der Waals surface area contributed by atoms with E-state index >= 15 is 0 Å². The van der Waals surface area contributed by atoms with E-state index in [-0.39, 0.29) is 5.91 Å². The summed E-state index contributed by atoms with van der Waals surface area (Å²) in [6.07, 6.45) is 2.43. The Morgan fingerprint density at radius 2 is 1.93 bits per heavy atom. The normalized spacial score (nSPS) is 14.9. The lowest BCUT2D eigenvalue weighted by atomic mass is 10.1. The third-order valence-electron chi connectivity index (χ3n) is 5.18. The second-order valence-corrected chi connectivity index (χ2v) is 7.76. The molecule has 1 aromatic carbocycles. The highest BCUT2D eigenvalue weighted by atomic mass is 32.1. The molecule has 29 heavy (non-hydrogen) atoms. The number of carbonyl (C=O) groups excluding carboxylic acids is 1. The first-order valence-corrected chi connectivity index (χ1v) is 10.6. The van der Waals surface area contributed by atoms with Crippen LogP contribution in [0.4, 0.5) is 5.82 Å². The highest BCUT2D eigenvalue weighted by molar-refractivity contribution is 7.08. The predicted octanol–water partition coefficient (Wildman–Crippen LogP) is 3.21. The minimum absolute atomic E-state index is 0.110. The fourth-order valence-corrected chi connectivity index (χ4v) is 4.33. The van der Waals surface area contributed by atoms with Crippen molar-refractivity contribution < 1.29 is 4.79 Å². The first-order valence-electron chi connectivity index (χ1n) is 9.62. The first-order chi connectivity index (χ1) is 14.3. The molecule has 0 aliphatic carbocycles. The molecular weight excluding hydrogens is 384 g/mol. The van der Waals surface area contributed by atoms with Crippen LogP contribution in [-0.2, 0) is 0 Å². The van der Waals surface area contributed by atoms with Crippen LogP contribution < -0.4 is 4.90 Å². The van der Waals surface area contributed by atoms with Gasteiger partial charge in [0, 0.05) is 43.2 Å². The van der Waals surface area contributed by atoms with Gasteiger partial charge in [0.25, 0.3) is 11.7 Å². The van der Waals surface area contributed by atoms with Gasteiger partial charge in [0.2, 0.25) is 0 Å². The molecule has 146 valence electrons. The average molecular weight is 404 g/mol. The third-order valence-corrected chi connectivity index (χ3v) is 5.86. The molecule has 0 unspecified atom stereocenters. The maximum absolute atomic E-state index is 12.7. The number of benzene rings is 1. The van der Waals surface area contributed by atoms with Gasteiger partial charge in [-0.15, -0.1) is 0 Å². The summed E-state index contributed by atoms with van der Waals surface area (Å²) < 4.78 is 1.78. The second kappa shape index (κ2) is 7.63. The van der Waals surface area contributed by atoms with Crippen LogP contribution in [0.15, 0.2) is 59.6 Å². The van der Waals surface area contributed by atoms with Crippen LogP contribution >= 0.6 is 11.3 Å². The van der Waals surface area contributed by atoms with Gasteiger partial charge in [0.05, 0.1) is 11.3 Å². The number of nitrogens with zero attached hydrogens (tertiary/aromatic N) is 6. The second-order valence-electron chi connectivity index (χ2n) is 6.98. The number of thiophene rings is 1. The van der Waals surface area contributed by atoms with Crippen molar-refractivity contribution in [3.63, 3.8) is 0 Å². The molecule has 0 radical (unpaired) electrons. The van der Waals surface area contributed by atoms with Crippen molar-refractivity contribution in [2.75, 3.05) is 31.1 Å². The van der Waals surface area contributed by atoms with Crippen LogP contribution in [0.2, 0.25) is 0 Å². The summed E-state index contributed by atoms with van der Waals surface area (Å²) in [5, 5.41) is 8.24. The molecule has 8 heteroatoms. The average Bonchev–Trinajstić information content (AvgIpc) is 3.41. The lowest BCUT2D eigenvalue weighted by Gasteiger charge is -2.24. The Bertz CT molecular complexity index is 1120. The monoisotopic (exact) mass is 404 g/mol. The van der Waals surface area contributed by atoms with Crippen LogP contribution in [0, 0.1) is 0 Å². The molecule has 1 fully saturated rings. The fourth-order valence-electron chi connectivity index (χ4n) is 3.70. The molecule has 0 saturated carbocycles. The summed E-state index contributed by atoms with van der Waals surface area (Å²) in [6, 6.07) is 14.0. The van der Waals surface area contributed by atoms with Gasteiger partial charge in [0.1, 0.15) is 12.1 Å². The zero-order chi connectivity index (χ0) is 19.6. The lowest BCUT2D eigenvalue weighted by Crippen LogP contribution is -2.35. The molecule has 5 rings (SSSR count). The number of fused-ring (bicyclic) bond motifs is 1. The zero-order valence-electron chi connectivity index (χ0n) is 15.8. The van der Waals surface area contributed by atoms with Crippen molar-refractivity contribution in [1.82, 2.24) is 24.5 Å². The summed E-state index contributed by atoms with van der Waals surface area (Å²) in [5.74, 6) is 1.65. The Kier molecular flexibility index (Phi) is 4.69. The van der Waals surface area contributed by atoms with Gasteiger partial charge in [-0.05, 0) is 17.9 Å². The van der Waals surface area contributed by atoms with Gasteiger partial charge in [-0.25, -0.2) is 4.98 Å². The van der Waals surface area contributed by atoms with Crippen molar-refractivity contribution in [2.45, 2.75) is 6.42 Å². The lowest BCUT2D eigenvalue weighted by molar-refractivity contribution is 0.0767. The predicted molar refractivity (Wildman–Crippen MR) is 113 cm³/mol. The van der Waals surface area contributed by atoms with E-state index in [1.54, 1.807) is 15.9 Å². The van der Waals surface area contributed by atoms with Crippen LogP contribution in [0.25, 0.3) is 17.0 Å². The Morgan fingerprint density at radius 3 is 2.76 bits per heavy atom. The van der Waals surface area contributed by atoms with E-state index in [2.05, 4.69) is 26.0 Å². The van der Waals surface area contributed by atoms with Crippen molar-refractivity contribution in [3.8, 4) is 11.3 Å². The van der Waals surface area contributed by atoms with Crippen LogP contribution in [-0.4, -0.2) is 56.6 Å². The smallest absolute Gasteiger partial charge is 0.254 e. The number of hydrogen-bond acceptors (Lipinski definition) is 6.